The van der Waals surface area contributed by atoms with Crippen LogP contribution in [0.25, 0.3) is 11.4 Å². The first-order chi connectivity index (χ1) is 8.49. The zero-order valence-electron chi connectivity index (χ0n) is 9.94. The summed E-state index contributed by atoms with van der Waals surface area (Å²) in [5.41, 5.74) is 1.56. The van der Waals surface area contributed by atoms with Gasteiger partial charge in [0.1, 0.15) is 11.4 Å². The van der Waals surface area contributed by atoms with E-state index in [1.807, 2.05) is 0 Å². The minimum Gasteiger partial charge on any atom is -0.478 e. The molecular formula is C13H11FN2O2. The molecule has 0 unspecified atom stereocenters. The highest BCUT2D eigenvalue weighted by atomic mass is 19.1. The molecule has 4 nitrogen and oxygen atoms in total. The van der Waals surface area contributed by atoms with Crippen molar-refractivity contribution in [2.75, 3.05) is 0 Å². The summed E-state index contributed by atoms with van der Waals surface area (Å²) in [6, 6.07) is 5.75. The van der Waals surface area contributed by atoms with E-state index < -0.39 is 5.97 Å². The molecule has 5 heteroatoms. The molecule has 0 saturated carbocycles. The standard InChI is InChI=1S/C13H11FN2O2/c1-7-11(13(17)18)8(2)16-12(15-7)9-3-5-10(14)6-4-9/h3-6H,1-2H3,(H,17,18). The van der Waals surface area contributed by atoms with Crippen LogP contribution in [0.2, 0.25) is 0 Å². The highest BCUT2D eigenvalue weighted by Crippen LogP contribution is 2.19. The molecule has 0 aliphatic rings. The monoisotopic (exact) mass is 246 g/mol. The fraction of sp³-hybridized carbons (Fsp3) is 0.154. The Kier molecular flexibility index (Phi) is 3.06. The number of hydrogen-bond donors (Lipinski definition) is 1. The number of aromatic carboxylic acids is 1. The molecule has 0 radical (unpaired) electrons. The largest absolute Gasteiger partial charge is 0.478 e. The second kappa shape index (κ2) is 4.52. The van der Waals surface area contributed by atoms with E-state index in [1.54, 1.807) is 26.0 Å². The Balaban J connectivity index is 2.54. The molecule has 0 aliphatic heterocycles. The van der Waals surface area contributed by atoms with Gasteiger partial charge in [-0.3, -0.25) is 0 Å². The SMILES string of the molecule is Cc1nc(-c2ccc(F)cc2)nc(C)c1C(=O)O. The summed E-state index contributed by atoms with van der Waals surface area (Å²) in [7, 11) is 0. The first-order valence-corrected chi connectivity index (χ1v) is 5.33. The van der Waals surface area contributed by atoms with Crippen LogP contribution in [0.5, 0.6) is 0 Å². The third-order valence-electron chi connectivity index (χ3n) is 2.59. The van der Waals surface area contributed by atoms with Crippen molar-refractivity contribution in [2.24, 2.45) is 0 Å². The van der Waals surface area contributed by atoms with Gasteiger partial charge < -0.3 is 5.11 Å². The predicted molar refractivity (Wildman–Crippen MR) is 63.9 cm³/mol. The smallest absolute Gasteiger partial charge is 0.339 e. The van der Waals surface area contributed by atoms with Gasteiger partial charge in [0.05, 0.1) is 11.4 Å². The van der Waals surface area contributed by atoms with E-state index >= 15 is 0 Å². The van der Waals surface area contributed by atoms with Crippen molar-refractivity contribution >= 4 is 5.97 Å². The van der Waals surface area contributed by atoms with Gasteiger partial charge in [-0.05, 0) is 38.1 Å². The van der Waals surface area contributed by atoms with Crippen LogP contribution in [0, 0.1) is 19.7 Å². The van der Waals surface area contributed by atoms with Gasteiger partial charge in [0.2, 0.25) is 0 Å². The average Bonchev–Trinajstić information content (AvgIpc) is 2.28. The average molecular weight is 246 g/mol. The third-order valence-corrected chi connectivity index (χ3v) is 2.59. The zero-order chi connectivity index (χ0) is 13.3. The Morgan fingerprint density at radius 3 is 2.06 bits per heavy atom. The Hall–Kier alpha value is -2.30. The van der Waals surface area contributed by atoms with Crippen molar-refractivity contribution in [2.45, 2.75) is 13.8 Å². The topological polar surface area (TPSA) is 63.1 Å². The molecule has 18 heavy (non-hydrogen) atoms. The first kappa shape index (κ1) is 12.2. The van der Waals surface area contributed by atoms with Crippen LogP contribution in [0.15, 0.2) is 24.3 Å². The maximum atomic E-state index is 12.8. The summed E-state index contributed by atoms with van der Waals surface area (Å²) in [6.45, 7) is 3.23. The van der Waals surface area contributed by atoms with Gasteiger partial charge in [-0.15, -0.1) is 0 Å². The molecule has 0 aliphatic carbocycles. The second-order valence-electron chi connectivity index (χ2n) is 3.91. The first-order valence-electron chi connectivity index (χ1n) is 5.33. The van der Waals surface area contributed by atoms with Crippen molar-refractivity contribution in [3.8, 4) is 11.4 Å². The molecular weight excluding hydrogens is 235 g/mol. The molecule has 1 heterocycles. The summed E-state index contributed by atoms with van der Waals surface area (Å²) in [4.78, 5) is 19.3. The number of benzene rings is 1. The Labute approximate surface area is 103 Å². The molecule has 1 N–H and O–H groups in total. The van der Waals surface area contributed by atoms with Crippen LogP contribution in [-0.4, -0.2) is 21.0 Å². The number of aromatic nitrogens is 2. The lowest BCUT2D eigenvalue weighted by atomic mass is 10.1. The van der Waals surface area contributed by atoms with Crippen molar-refractivity contribution in [3.63, 3.8) is 0 Å². The zero-order valence-corrected chi connectivity index (χ0v) is 9.94. The number of carboxylic acid groups (broad SMARTS) is 1. The summed E-state index contributed by atoms with van der Waals surface area (Å²) < 4.78 is 12.8. The van der Waals surface area contributed by atoms with Crippen LogP contribution in [-0.2, 0) is 0 Å². The van der Waals surface area contributed by atoms with Crippen LogP contribution < -0.4 is 0 Å². The van der Waals surface area contributed by atoms with E-state index in [0.29, 0.717) is 22.8 Å². The minimum absolute atomic E-state index is 0.112. The number of hydrogen-bond acceptors (Lipinski definition) is 3. The van der Waals surface area contributed by atoms with Gasteiger partial charge in [-0.1, -0.05) is 0 Å². The molecule has 1 aromatic carbocycles. The summed E-state index contributed by atoms with van der Waals surface area (Å²) in [5.74, 6) is -0.986. The van der Waals surface area contributed by atoms with Gasteiger partial charge >= 0.3 is 5.97 Å². The van der Waals surface area contributed by atoms with E-state index in [4.69, 9.17) is 5.11 Å². The lowest BCUT2D eigenvalue weighted by Gasteiger charge is -2.07. The number of rotatable bonds is 2. The van der Waals surface area contributed by atoms with Crippen LogP contribution in [0.1, 0.15) is 21.7 Å². The molecule has 0 saturated heterocycles. The van der Waals surface area contributed by atoms with Crippen LogP contribution in [0.4, 0.5) is 4.39 Å². The van der Waals surface area contributed by atoms with Gasteiger partial charge in [-0.2, -0.15) is 0 Å². The van der Waals surface area contributed by atoms with Crippen molar-refractivity contribution in [3.05, 3.63) is 47.0 Å². The highest BCUT2D eigenvalue weighted by Gasteiger charge is 2.15. The van der Waals surface area contributed by atoms with E-state index in [2.05, 4.69) is 9.97 Å². The second-order valence-corrected chi connectivity index (χ2v) is 3.91. The fourth-order valence-electron chi connectivity index (χ4n) is 1.75. The lowest BCUT2D eigenvalue weighted by molar-refractivity contribution is 0.0694. The van der Waals surface area contributed by atoms with E-state index in [1.165, 1.54) is 12.1 Å². The number of carboxylic acids is 1. The van der Waals surface area contributed by atoms with Crippen LogP contribution >= 0.6 is 0 Å². The van der Waals surface area contributed by atoms with Crippen molar-refractivity contribution < 1.29 is 14.3 Å². The number of nitrogens with zero attached hydrogens (tertiary/aromatic N) is 2. The molecule has 1 aromatic heterocycles. The predicted octanol–water partition coefficient (Wildman–Crippen LogP) is 2.60. The summed E-state index contributed by atoms with van der Waals surface area (Å²) >= 11 is 0. The van der Waals surface area contributed by atoms with Gasteiger partial charge in [0.15, 0.2) is 5.82 Å². The molecule has 0 atom stereocenters. The lowest BCUT2D eigenvalue weighted by Crippen LogP contribution is -2.08. The van der Waals surface area contributed by atoms with Gasteiger partial charge in [0.25, 0.3) is 0 Å². The Bertz CT molecular complexity index is 586. The van der Waals surface area contributed by atoms with E-state index in [-0.39, 0.29) is 11.4 Å². The van der Waals surface area contributed by atoms with Crippen molar-refractivity contribution in [1.82, 2.24) is 9.97 Å². The number of halogens is 1. The van der Waals surface area contributed by atoms with Crippen LogP contribution in [0.3, 0.4) is 0 Å². The van der Waals surface area contributed by atoms with Gasteiger partial charge in [0, 0.05) is 5.56 Å². The number of aryl methyl sites for hydroxylation is 2. The maximum absolute atomic E-state index is 12.8. The summed E-state index contributed by atoms with van der Waals surface area (Å²) in [6.07, 6.45) is 0. The third kappa shape index (κ3) is 2.20. The summed E-state index contributed by atoms with van der Waals surface area (Å²) in [5, 5.41) is 9.01. The Morgan fingerprint density at radius 1 is 1.11 bits per heavy atom. The number of carbonyl (C=O) groups is 1. The molecule has 0 fully saturated rings. The van der Waals surface area contributed by atoms with Crippen molar-refractivity contribution in [1.29, 1.82) is 0 Å². The highest BCUT2D eigenvalue weighted by molar-refractivity contribution is 5.90. The maximum Gasteiger partial charge on any atom is 0.339 e. The van der Waals surface area contributed by atoms with E-state index in [9.17, 15) is 9.18 Å². The van der Waals surface area contributed by atoms with Gasteiger partial charge in [-0.25, -0.2) is 19.2 Å². The molecule has 0 bridgehead atoms. The Morgan fingerprint density at radius 2 is 1.61 bits per heavy atom. The normalized spacial score (nSPS) is 10.4. The molecule has 0 spiro atoms. The molecule has 2 aromatic rings. The van der Waals surface area contributed by atoms with E-state index in [0.717, 1.165) is 0 Å². The molecule has 2 rings (SSSR count). The quantitative estimate of drug-likeness (QED) is 0.884. The fourth-order valence-corrected chi connectivity index (χ4v) is 1.75. The molecule has 0 amide bonds. The minimum atomic E-state index is -1.05. The molecule has 92 valence electrons.